The van der Waals surface area contributed by atoms with Crippen molar-refractivity contribution in [1.82, 2.24) is 39.2 Å². The Kier molecular flexibility index (Phi) is 31.7. The van der Waals surface area contributed by atoms with Gasteiger partial charge in [0.15, 0.2) is 9.84 Å². The van der Waals surface area contributed by atoms with Crippen molar-refractivity contribution < 1.29 is 22.2 Å². The van der Waals surface area contributed by atoms with Gasteiger partial charge in [-0.15, -0.1) is 0 Å². The molecule has 0 atom stereocenters. The second-order valence-corrected chi connectivity index (χ2v) is 27.1. The Hall–Kier alpha value is -3.40. The molecule has 0 spiro atoms. The molecule has 2 amide bonds. The lowest BCUT2D eigenvalue weighted by molar-refractivity contribution is -0.134. The normalized spacial score (nSPS) is 19.6. The van der Waals surface area contributed by atoms with Crippen LogP contribution < -0.4 is 0 Å². The smallest absolute Gasteiger partial charge is 0.237 e. The molecule has 0 aliphatic carbocycles. The lowest BCUT2D eigenvalue weighted by Gasteiger charge is -2.33. The molecule has 72 heavy (non-hydrogen) atoms. The Morgan fingerprint density at radius 2 is 0.889 bits per heavy atom. The van der Waals surface area contributed by atoms with Crippen molar-refractivity contribution >= 4 is 32.5 Å². The van der Waals surface area contributed by atoms with Crippen LogP contribution in [-0.4, -0.2) is 232 Å². The predicted octanol–water partition coefficient (Wildman–Crippen LogP) is 4.38. The molecule has 0 N–H and O–H groups in total. The van der Waals surface area contributed by atoms with Gasteiger partial charge in [-0.1, -0.05) is 86.9 Å². The number of nitrogens with zero attached hydrogens (tertiary/aromatic N) is 8. The van der Waals surface area contributed by atoms with Gasteiger partial charge in [-0.2, -0.15) is 0 Å². The van der Waals surface area contributed by atoms with Crippen molar-refractivity contribution in [2.45, 2.75) is 96.9 Å². The predicted molar refractivity (Wildman–Crippen MR) is 303 cm³/mol. The first-order valence-electron chi connectivity index (χ1n) is 26.2. The van der Waals surface area contributed by atoms with E-state index in [2.05, 4.69) is 181 Å². The van der Waals surface area contributed by atoms with Gasteiger partial charge < -0.3 is 14.7 Å². The topological polar surface area (TPSA) is 111 Å². The molecule has 0 aromatic rings. The molecular weight excluding hydrogens is 941 g/mol. The molecule has 5 rings (SSSR count). The zero-order valence-corrected chi connectivity index (χ0v) is 49.7. The van der Waals surface area contributed by atoms with Crippen LogP contribution in [0.1, 0.15) is 96.9 Å². The van der Waals surface area contributed by atoms with Crippen LogP contribution in [0.15, 0.2) is 0 Å². The van der Waals surface area contributed by atoms with Crippen LogP contribution in [0.2, 0.25) is 0 Å². The van der Waals surface area contributed by atoms with Gasteiger partial charge in [0.05, 0.1) is 50.8 Å². The minimum absolute atomic E-state index is 0.0296. The van der Waals surface area contributed by atoms with Gasteiger partial charge in [0.2, 0.25) is 11.8 Å². The van der Waals surface area contributed by atoms with E-state index in [1.807, 2.05) is 21.7 Å². The van der Waals surface area contributed by atoms with Crippen molar-refractivity contribution in [3.8, 4) is 59.2 Å². The number of amides is 2. The fraction of sp³-hybridized carbons (Fsp3) is 0.789. The fourth-order valence-corrected chi connectivity index (χ4v) is 9.32. The molecule has 5 aliphatic heterocycles. The molecule has 0 bridgehead atoms. The molecule has 408 valence electrons. The van der Waals surface area contributed by atoms with E-state index in [4.69, 9.17) is 0 Å². The Morgan fingerprint density at radius 3 is 1.28 bits per heavy atom. The molecule has 0 radical (unpaired) electrons. The van der Waals surface area contributed by atoms with E-state index in [-0.39, 0.29) is 39.6 Å². The summed E-state index contributed by atoms with van der Waals surface area (Å²) in [6, 6.07) is 0. The molecule has 5 saturated heterocycles. The SMILES string of the molecule is CC(=O)N1CCN(CC#CC(C)(C)C)CC1.CC(C)(C)C#CCN1CCS(=O)(=O)CC1.CC(C)(C)C#CCN1CCS(=O)CC1.CC(C)C#CCN1CCN(C)CC1.CC(C)C#CCN1CCN(C)CC1=O. The van der Waals surface area contributed by atoms with E-state index in [9.17, 15) is 22.2 Å². The maximum Gasteiger partial charge on any atom is 0.237 e. The van der Waals surface area contributed by atoms with Gasteiger partial charge >= 0.3 is 0 Å². The first-order chi connectivity index (χ1) is 33.4. The summed E-state index contributed by atoms with van der Waals surface area (Å²) in [7, 11) is 0.813. The van der Waals surface area contributed by atoms with Crippen LogP contribution in [0.3, 0.4) is 0 Å². The number of hydrogen-bond acceptors (Lipinski definition) is 11. The van der Waals surface area contributed by atoms with E-state index in [0.717, 1.165) is 83.5 Å². The minimum atomic E-state index is -2.76. The van der Waals surface area contributed by atoms with Gasteiger partial charge in [0.1, 0.15) is 0 Å². The molecule has 5 heterocycles. The summed E-state index contributed by atoms with van der Waals surface area (Å²) < 4.78 is 33.4. The van der Waals surface area contributed by atoms with Crippen LogP contribution >= 0.6 is 0 Å². The summed E-state index contributed by atoms with van der Waals surface area (Å²) in [6.45, 7) is 46.5. The number of hydrogen-bond donors (Lipinski definition) is 0. The highest BCUT2D eigenvalue weighted by atomic mass is 32.2. The number of carbonyl (C=O) groups excluding carboxylic acids is 2. The average molecular weight is 1040 g/mol. The zero-order valence-electron chi connectivity index (χ0n) is 48.1. The molecule has 0 unspecified atom stereocenters. The van der Waals surface area contributed by atoms with E-state index < -0.39 is 20.6 Å². The largest absolute Gasteiger partial charge is 0.340 e. The first-order valence-corrected chi connectivity index (χ1v) is 29.5. The summed E-state index contributed by atoms with van der Waals surface area (Å²) in [5, 5.41) is 0. The van der Waals surface area contributed by atoms with Gasteiger partial charge in [-0.05, 0) is 76.4 Å². The van der Waals surface area contributed by atoms with Gasteiger partial charge in [0, 0.05) is 149 Å². The Bertz CT molecular complexity index is 2060. The van der Waals surface area contributed by atoms with Gasteiger partial charge in [-0.3, -0.25) is 38.3 Å². The standard InChI is InChI=1S/C13H22N2O.C11H18N2O.C11H20N2.C11H19NO2S.C11H19NOS/c1-12(16)15-10-8-14(9-11-15)7-5-6-13(2,3)4;1-10(2)5-4-6-13-8-7-12(3)9-11(13)14;1-11(2)5-4-6-13-9-7-12(3)8-10-13;1-11(2,3)5-4-6-12-7-9-15(13,14)10-8-12;1-11(2,3)5-4-6-12-7-9-14(13)10-8-12/h7-11H2,1-4H3;10H,6-9H2,1-3H3;11H,6-10H2,1-3H3;6-10H2,1-3H3;6-10H2,1-3H3. The maximum atomic E-state index is 11.5. The van der Waals surface area contributed by atoms with Crippen LogP contribution in [0.5, 0.6) is 0 Å². The third kappa shape index (κ3) is 36.5. The fourth-order valence-electron chi connectivity index (χ4n) is 6.92. The van der Waals surface area contributed by atoms with E-state index in [1.165, 1.54) is 26.2 Å². The molecular formula is C57H98N8O5S2. The average Bonchev–Trinajstić information content (AvgIpc) is 3.26. The zero-order chi connectivity index (χ0) is 54.5. The summed E-state index contributed by atoms with van der Waals surface area (Å²) in [5.74, 6) is 35.1. The highest BCUT2D eigenvalue weighted by Gasteiger charge is 2.22. The van der Waals surface area contributed by atoms with Gasteiger partial charge in [0.25, 0.3) is 0 Å². The van der Waals surface area contributed by atoms with Crippen molar-refractivity contribution in [2.75, 3.05) is 168 Å². The number of likely N-dealkylation sites (N-methyl/N-ethyl adjacent to an activating group) is 2. The Balaban J connectivity index is 0.000000451. The Labute approximate surface area is 444 Å². The number of carbonyl (C=O) groups is 2. The number of piperazine rings is 3. The van der Waals surface area contributed by atoms with Crippen molar-refractivity contribution in [3.05, 3.63) is 0 Å². The van der Waals surface area contributed by atoms with Crippen molar-refractivity contribution in [1.29, 1.82) is 0 Å². The summed E-state index contributed by atoms with van der Waals surface area (Å²) >= 11 is 0. The summed E-state index contributed by atoms with van der Waals surface area (Å²) in [4.78, 5) is 39.9. The third-order valence-corrected chi connectivity index (χ3v) is 14.2. The lowest BCUT2D eigenvalue weighted by atomic mass is 9.98. The van der Waals surface area contributed by atoms with Crippen LogP contribution in [0, 0.1) is 87.3 Å². The van der Waals surface area contributed by atoms with Crippen molar-refractivity contribution in [2.24, 2.45) is 28.1 Å². The highest BCUT2D eigenvalue weighted by molar-refractivity contribution is 7.91. The van der Waals surface area contributed by atoms with Gasteiger partial charge in [-0.25, -0.2) is 8.42 Å². The number of rotatable bonds is 5. The molecule has 13 nitrogen and oxygen atoms in total. The third-order valence-electron chi connectivity index (χ3n) is 11.3. The molecule has 0 aromatic carbocycles. The first kappa shape index (κ1) is 66.6. The monoisotopic (exact) mass is 1040 g/mol. The van der Waals surface area contributed by atoms with E-state index in [0.29, 0.717) is 44.6 Å². The van der Waals surface area contributed by atoms with Crippen LogP contribution in [0.25, 0.3) is 0 Å². The van der Waals surface area contributed by atoms with Crippen LogP contribution in [0.4, 0.5) is 0 Å². The van der Waals surface area contributed by atoms with E-state index >= 15 is 0 Å². The number of sulfone groups is 1. The molecule has 0 saturated carbocycles. The second kappa shape index (κ2) is 34.2. The Morgan fingerprint density at radius 1 is 0.528 bits per heavy atom. The minimum Gasteiger partial charge on any atom is -0.340 e. The molecule has 0 aromatic heterocycles. The summed E-state index contributed by atoms with van der Waals surface area (Å²) in [6.07, 6.45) is 0. The molecule has 5 aliphatic rings. The quantitative estimate of drug-likeness (QED) is 0.367. The second-order valence-electron chi connectivity index (χ2n) is 23.1. The maximum absolute atomic E-state index is 11.5. The van der Waals surface area contributed by atoms with Crippen LogP contribution in [-0.2, 0) is 30.2 Å². The van der Waals surface area contributed by atoms with Crippen molar-refractivity contribution in [3.63, 3.8) is 0 Å². The molecule has 5 fully saturated rings. The molecule has 15 heteroatoms. The van der Waals surface area contributed by atoms with E-state index in [1.54, 1.807) is 6.92 Å². The lowest BCUT2D eigenvalue weighted by Crippen LogP contribution is -2.48. The summed E-state index contributed by atoms with van der Waals surface area (Å²) in [5.41, 5.74) is 0.210. The highest BCUT2D eigenvalue weighted by Crippen LogP contribution is 2.12.